The summed E-state index contributed by atoms with van der Waals surface area (Å²) in [5.74, 6) is -1.14. The molecule has 1 aromatic heterocycles. The van der Waals surface area contributed by atoms with E-state index in [-0.39, 0.29) is 28.5 Å². The van der Waals surface area contributed by atoms with E-state index >= 15 is 0 Å². The normalized spacial score (nSPS) is 10.1. The number of carbonyl (C=O) groups excluding carboxylic acids is 1. The highest BCUT2D eigenvalue weighted by Crippen LogP contribution is 2.39. The van der Waals surface area contributed by atoms with Gasteiger partial charge in [-0.3, -0.25) is 0 Å². The molecule has 1 N–H and O–H groups in total. The molecule has 8 heteroatoms. The summed E-state index contributed by atoms with van der Waals surface area (Å²) < 4.78 is 20.1. The molecule has 0 aliphatic rings. The SMILES string of the molecule is COC(=O)c1cc(OC)c(OC)c(-c2cc(C(=O)O)no2)c1. The Bertz CT molecular complexity index is 720. The monoisotopic (exact) mass is 307 g/mol. The van der Waals surface area contributed by atoms with E-state index in [1.165, 1.54) is 39.5 Å². The number of nitrogens with zero attached hydrogens (tertiary/aromatic N) is 1. The van der Waals surface area contributed by atoms with Gasteiger partial charge in [-0.1, -0.05) is 5.16 Å². The Hall–Kier alpha value is -3.03. The number of carboxylic acids is 1. The number of esters is 1. The first-order valence-corrected chi connectivity index (χ1v) is 6.06. The molecular formula is C14H13NO7. The van der Waals surface area contributed by atoms with Gasteiger partial charge in [-0.2, -0.15) is 0 Å². The van der Waals surface area contributed by atoms with E-state index < -0.39 is 11.9 Å². The standard InChI is InChI=1S/C14H13NO7/c1-19-11-5-7(14(18)21-3)4-8(12(11)20-2)10-6-9(13(16)17)15-22-10/h4-6H,1-3H3,(H,16,17). The number of benzene rings is 1. The van der Waals surface area contributed by atoms with Crippen molar-refractivity contribution in [2.24, 2.45) is 0 Å². The lowest BCUT2D eigenvalue weighted by atomic mass is 10.1. The zero-order chi connectivity index (χ0) is 16.3. The molecule has 0 amide bonds. The minimum atomic E-state index is -1.23. The molecule has 0 atom stereocenters. The quantitative estimate of drug-likeness (QED) is 0.834. The van der Waals surface area contributed by atoms with E-state index in [9.17, 15) is 9.59 Å². The van der Waals surface area contributed by atoms with Crippen LogP contribution in [0, 0.1) is 0 Å². The molecule has 0 saturated carbocycles. The topological polar surface area (TPSA) is 108 Å². The molecule has 2 rings (SSSR count). The van der Waals surface area contributed by atoms with Crippen LogP contribution in [0.3, 0.4) is 0 Å². The summed E-state index contributed by atoms with van der Waals surface area (Å²) in [7, 11) is 4.06. The van der Waals surface area contributed by atoms with E-state index in [2.05, 4.69) is 9.89 Å². The van der Waals surface area contributed by atoms with Crippen LogP contribution >= 0.6 is 0 Å². The maximum Gasteiger partial charge on any atom is 0.358 e. The van der Waals surface area contributed by atoms with Crippen molar-refractivity contribution in [3.05, 3.63) is 29.5 Å². The lowest BCUT2D eigenvalue weighted by molar-refractivity contribution is 0.0599. The molecule has 0 saturated heterocycles. The lowest BCUT2D eigenvalue weighted by Gasteiger charge is -2.12. The third kappa shape index (κ3) is 2.71. The molecule has 0 radical (unpaired) electrons. The van der Waals surface area contributed by atoms with Gasteiger partial charge in [-0.25, -0.2) is 9.59 Å². The van der Waals surface area contributed by atoms with E-state index in [0.717, 1.165) is 0 Å². The summed E-state index contributed by atoms with van der Waals surface area (Å²) in [4.78, 5) is 22.6. The average Bonchev–Trinajstić information content (AvgIpc) is 3.02. The first-order valence-electron chi connectivity index (χ1n) is 6.06. The van der Waals surface area contributed by atoms with Crippen molar-refractivity contribution in [1.29, 1.82) is 0 Å². The number of methoxy groups -OCH3 is 3. The third-order valence-corrected chi connectivity index (χ3v) is 2.89. The van der Waals surface area contributed by atoms with E-state index in [1.807, 2.05) is 0 Å². The van der Waals surface area contributed by atoms with Crippen LogP contribution in [0.1, 0.15) is 20.8 Å². The van der Waals surface area contributed by atoms with Gasteiger partial charge in [-0.05, 0) is 12.1 Å². The summed E-state index contributed by atoms with van der Waals surface area (Å²) in [5, 5.41) is 12.3. The Labute approximate surface area is 125 Å². The highest BCUT2D eigenvalue weighted by atomic mass is 16.5. The fraction of sp³-hybridized carbons (Fsp3) is 0.214. The number of ether oxygens (including phenoxy) is 3. The summed E-state index contributed by atoms with van der Waals surface area (Å²) in [6, 6.07) is 4.11. The largest absolute Gasteiger partial charge is 0.493 e. The predicted octanol–water partition coefficient (Wildman–Crippen LogP) is 1.84. The number of carbonyl (C=O) groups is 2. The zero-order valence-corrected chi connectivity index (χ0v) is 12.1. The van der Waals surface area contributed by atoms with Crippen LogP contribution in [0.4, 0.5) is 0 Å². The van der Waals surface area contributed by atoms with E-state index in [0.29, 0.717) is 5.56 Å². The fourth-order valence-corrected chi connectivity index (χ4v) is 1.89. The molecular weight excluding hydrogens is 294 g/mol. The second kappa shape index (κ2) is 6.17. The van der Waals surface area contributed by atoms with Crippen molar-refractivity contribution in [1.82, 2.24) is 5.16 Å². The van der Waals surface area contributed by atoms with Crippen LogP contribution in [0.15, 0.2) is 22.7 Å². The van der Waals surface area contributed by atoms with Gasteiger partial charge in [-0.15, -0.1) is 0 Å². The minimum Gasteiger partial charge on any atom is -0.493 e. The number of aromatic nitrogens is 1. The summed E-state index contributed by atoms with van der Waals surface area (Å²) in [6.07, 6.45) is 0. The molecule has 0 aliphatic carbocycles. The van der Waals surface area contributed by atoms with Gasteiger partial charge in [0.05, 0.1) is 32.5 Å². The summed E-state index contributed by atoms with van der Waals surface area (Å²) in [5.41, 5.74) is 0.255. The first-order chi connectivity index (χ1) is 10.5. The molecule has 0 aliphatic heterocycles. The summed E-state index contributed by atoms with van der Waals surface area (Å²) in [6.45, 7) is 0. The maximum absolute atomic E-state index is 11.7. The second-order valence-electron chi connectivity index (χ2n) is 4.13. The van der Waals surface area contributed by atoms with Crippen molar-refractivity contribution < 1.29 is 33.4 Å². The van der Waals surface area contributed by atoms with Crippen LogP contribution in [0.5, 0.6) is 11.5 Å². The van der Waals surface area contributed by atoms with E-state index in [4.69, 9.17) is 19.1 Å². The van der Waals surface area contributed by atoms with Crippen molar-refractivity contribution >= 4 is 11.9 Å². The van der Waals surface area contributed by atoms with E-state index in [1.54, 1.807) is 0 Å². The fourth-order valence-electron chi connectivity index (χ4n) is 1.89. The van der Waals surface area contributed by atoms with Gasteiger partial charge in [0.15, 0.2) is 23.0 Å². The molecule has 1 aromatic carbocycles. The smallest absolute Gasteiger partial charge is 0.358 e. The number of hydrogen-bond donors (Lipinski definition) is 1. The highest BCUT2D eigenvalue weighted by molar-refractivity contribution is 5.93. The maximum atomic E-state index is 11.7. The number of rotatable bonds is 5. The number of hydrogen-bond acceptors (Lipinski definition) is 7. The number of carboxylic acid groups (broad SMARTS) is 1. The highest BCUT2D eigenvalue weighted by Gasteiger charge is 2.22. The summed E-state index contributed by atoms with van der Waals surface area (Å²) >= 11 is 0. The van der Waals surface area contributed by atoms with Crippen LogP contribution in [0.2, 0.25) is 0 Å². The second-order valence-corrected chi connectivity index (χ2v) is 4.13. The first kappa shape index (κ1) is 15.4. The van der Waals surface area contributed by atoms with Crippen molar-refractivity contribution in [2.45, 2.75) is 0 Å². The van der Waals surface area contributed by atoms with Crippen LogP contribution in [-0.2, 0) is 4.74 Å². The molecule has 2 aromatic rings. The minimum absolute atomic E-state index is 0.123. The van der Waals surface area contributed by atoms with Crippen molar-refractivity contribution in [3.8, 4) is 22.8 Å². The van der Waals surface area contributed by atoms with Crippen LogP contribution in [-0.4, -0.2) is 43.5 Å². The third-order valence-electron chi connectivity index (χ3n) is 2.89. The predicted molar refractivity (Wildman–Crippen MR) is 73.3 cm³/mol. The molecule has 0 spiro atoms. The van der Waals surface area contributed by atoms with Crippen molar-refractivity contribution in [3.63, 3.8) is 0 Å². The zero-order valence-electron chi connectivity index (χ0n) is 12.1. The molecule has 22 heavy (non-hydrogen) atoms. The Morgan fingerprint density at radius 2 is 1.86 bits per heavy atom. The van der Waals surface area contributed by atoms with Gasteiger partial charge >= 0.3 is 11.9 Å². The van der Waals surface area contributed by atoms with Crippen molar-refractivity contribution in [2.75, 3.05) is 21.3 Å². The molecule has 0 unspecified atom stereocenters. The van der Waals surface area contributed by atoms with Gasteiger partial charge < -0.3 is 23.8 Å². The number of aromatic carboxylic acids is 1. The van der Waals surface area contributed by atoms with Gasteiger partial charge in [0, 0.05) is 6.07 Å². The average molecular weight is 307 g/mol. The molecule has 0 bridgehead atoms. The van der Waals surface area contributed by atoms with Gasteiger partial charge in [0.25, 0.3) is 0 Å². The van der Waals surface area contributed by atoms with Gasteiger partial charge in [0.1, 0.15) is 0 Å². The molecule has 1 heterocycles. The molecule has 116 valence electrons. The van der Waals surface area contributed by atoms with Gasteiger partial charge in [0.2, 0.25) is 0 Å². The Kier molecular flexibility index (Phi) is 4.31. The van der Waals surface area contributed by atoms with Crippen LogP contribution < -0.4 is 9.47 Å². The Morgan fingerprint density at radius 1 is 1.14 bits per heavy atom. The Morgan fingerprint density at radius 3 is 2.36 bits per heavy atom. The lowest BCUT2D eigenvalue weighted by Crippen LogP contribution is -2.03. The van der Waals surface area contributed by atoms with Crippen LogP contribution in [0.25, 0.3) is 11.3 Å². The molecule has 8 nitrogen and oxygen atoms in total. The Balaban J connectivity index is 2.65. The molecule has 0 fully saturated rings.